The van der Waals surface area contributed by atoms with E-state index in [-0.39, 0.29) is 11.2 Å². The van der Waals surface area contributed by atoms with Crippen molar-refractivity contribution < 1.29 is 13.2 Å². The zero-order chi connectivity index (χ0) is 17.4. The molecule has 2 heterocycles. The second-order valence-corrected chi connectivity index (χ2v) is 8.87. The number of hydrogen-bond donors (Lipinski definition) is 1. The molecule has 2 aromatic rings. The monoisotopic (exact) mass is 361 g/mol. The van der Waals surface area contributed by atoms with Gasteiger partial charge in [-0.1, -0.05) is 0 Å². The number of nitrogens with zero attached hydrogens (tertiary/aromatic N) is 2. The first-order valence-corrected chi connectivity index (χ1v) is 10.4. The number of rotatable bonds is 6. The highest BCUT2D eigenvalue weighted by atomic mass is 32.2. The minimum Gasteiger partial charge on any atom is -0.493 e. The highest BCUT2D eigenvalue weighted by molar-refractivity contribution is 7.93. The molecule has 1 aromatic carbocycles. The fourth-order valence-electron chi connectivity index (χ4n) is 3.53. The molecule has 1 aliphatic heterocycles. The third-order valence-corrected chi connectivity index (χ3v) is 7.39. The van der Waals surface area contributed by atoms with Gasteiger partial charge in [0.25, 0.3) is 0 Å². The Kier molecular flexibility index (Phi) is 4.19. The molecule has 0 spiro atoms. The summed E-state index contributed by atoms with van der Waals surface area (Å²) in [6, 6.07) is 5.76. The van der Waals surface area contributed by atoms with Crippen molar-refractivity contribution in [2.45, 2.75) is 43.8 Å². The Balaban J connectivity index is 1.67. The molecule has 0 bridgehead atoms. The Hall–Kier alpha value is -2.02. The molecule has 2 aliphatic rings. The highest BCUT2D eigenvalue weighted by Crippen LogP contribution is 2.40. The lowest BCUT2D eigenvalue weighted by molar-refractivity contribution is 0.266. The van der Waals surface area contributed by atoms with Gasteiger partial charge in [0, 0.05) is 12.7 Å². The predicted octanol–water partition coefficient (Wildman–Crippen LogP) is 2.84. The fourth-order valence-corrected chi connectivity index (χ4v) is 5.39. The molecule has 0 amide bonds. The van der Waals surface area contributed by atoms with Crippen molar-refractivity contribution in [3.63, 3.8) is 0 Å². The molecule has 1 N–H and O–H groups in total. The Bertz CT molecular complexity index is 844. The molecular weight excluding hydrogens is 338 g/mol. The molecule has 1 atom stereocenters. The van der Waals surface area contributed by atoms with Crippen LogP contribution in [0.4, 0.5) is 5.69 Å². The number of sulfonamides is 1. The van der Waals surface area contributed by atoms with Gasteiger partial charge >= 0.3 is 0 Å². The van der Waals surface area contributed by atoms with Crippen LogP contribution in [0.3, 0.4) is 0 Å². The number of aromatic amines is 1. The third-order valence-electron chi connectivity index (χ3n) is 5.00. The number of H-pyrrole nitrogens is 1. The van der Waals surface area contributed by atoms with E-state index in [2.05, 4.69) is 9.97 Å². The number of ether oxygens (including phenoxy) is 1. The molecular formula is C18H23N3O3S. The smallest absolute Gasteiger partial charge is 0.238 e. The Labute approximate surface area is 148 Å². The zero-order valence-corrected chi connectivity index (χ0v) is 15.1. The van der Waals surface area contributed by atoms with Gasteiger partial charge in [0.05, 0.1) is 29.6 Å². The normalized spacial score (nSPS) is 20.0. The highest BCUT2D eigenvalue weighted by Gasteiger charge is 2.40. The number of aromatic nitrogens is 2. The Morgan fingerprint density at radius 2 is 2.16 bits per heavy atom. The van der Waals surface area contributed by atoms with E-state index in [1.54, 1.807) is 10.6 Å². The molecule has 1 fully saturated rings. The zero-order valence-electron chi connectivity index (χ0n) is 14.3. The van der Waals surface area contributed by atoms with Crippen LogP contribution in [0.25, 0.3) is 0 Å². The lowest BCUT2D eigenvalue weighted by Crippen LogP contribution is -2.33. The van der Waals surface area contributed by atoms with Gasteiger partial charge in [-0.05, 0) is 62.3 Å². The lowest BCUT2D eigenvalue weighted by atomic mass is 9.89. The summed E-state index contributed by atoms with van der Waals surface area (Å²) in [5, 5.41) is -0.209. The number of hydrogen-bond acceptors (Lipinski definition) is 4. The Morgan fingerprint density at radius 1 is 1.32 bits per heavy atom. The summed E-state index contributed by atoms with van der Waals surface area (Å²) in [5.41, 5.74) is 2.84. The van der Waals surface area contributed by atoms with Gasteiger partial charge in [0.2, 0.25) is 10.0 Å². The van der Waals surface area contributed by atoms with Crippen LogP contribution in [-0.4, -0.2) is 36.8 Å². The van der Waals surface area contributed by atoms with Crippen LogP contribution in [0.1, 0.15) is 43.4 Å². The van der Waals surface area contributed by atoms with Crippen molar-refractivity contribution in [2.24, 2.45) is 0 Å². The molecule has 0 saturated heterocycles. The van der Waals surface area contributed by atoms with E-state index in [0.29, 0.717) is 13.2 Å². The van der Waals surface area contributed by atoms with Crippen molar-refractivity contribution in [3.8, 4) is 5.75 Å². The number of fused-ring (bicyclic) bond motifs is 1. The molecule has 7 heteroatoms. The number of imidazole rings is 1. The quantitative estimate of drug-likeness (QED) is 0.858. The second-order valence-electron chi connectivity index (χ2n) is 6.73. The second kappa shape index (κ2) is 6.37. The first-order valence-electron chi connectivity index (χ1n) is 8.85. The molecule has 25 heavy (non-hydrogen) atoms. The number of benzene rings is 1. The van der Waals surface area contributed by atoms with E-state index in [4.69, 9.17) is 4.74 Å². The summed E-state index contributed by atoms with van der Waals surface area (Å²) >= 11 is 0. The average Bonchev–Trinajstić information content (AvgIpc) is 3.35. The first-order chi connectivity index (χ1) is 12.1. The summed E-state index contributed by atoms with van der Waals surface area (Å²) in [7, 11) is -3.25. The number of nitrogens with one attached hydrogen (secondary N) is 1. The van der Waals surface area contributed by atoms with Gasteiger partial charge in [-0.3, -0.25) is 4.31 Å². The molecule has 0 radical (unpaired) electrons. The minimum atomic E-state index is -3.25. The van der Waals surface area contributed by atoms with Crippen LogP contribution >= 0.6 is 0 Å². The van der Waals surface area contributed by atoms with E-state index in [1.807, 2.05) is 31.3 Å². The summed E-state index contributed by atoms with van der Waals surface area (Å²) in [6.45, 7) is 3.01. The van der Waals surface area contributed by atoms with Crippen molar-refractivity contribution >= 4 is 15.7 Å². The Morgan fingerprint density at radius 3 is 2.84 bits per heavy atom. The van der Waals surface area contributed by atoms with E-state index in [1.165, 1.54) is 0 Å². The van der Waals surface area contributed by atoms with Gasteiger partial charge in [-0.2, -0.15) is 0 Å². The van der Waals surface area contributed by atoms with Gasteiger partial charge in [-0.15, -0.1) is 0 Å². The van der Waals surface area contributed by atoms with Crippen LogP contribution in [0.5, 0.6) is 5.75 Å². The molecule has 134 valence electrons. The van der Waals surface area contributed by atoms with E-state index in [0.717, 1.165) is 48.4 Å². The topological polar surface area (TPSA) is 75.3 Å². The summed E-state index contributed by atoms with van der Waals surface area (Å²) in [6.07, 6.45) is 6.88. The maximum atomic E-state index is 12.7. The number of anilines is 1. The van der Waals surface area contributed by atoms with Crippen LogP contribution in [0.2, 0.25) is 0 Å². The van der Waals surface area contributed by atoms with Crippen LogP contribution < -0.4 is 9.04 Å². The minimum absolute atomic E-state index is 0.209. The van der Waals surface area contributed by atoms with Crippen molar-refractivity contribution in [1.82, 2.24) is 9.97 Å². The maximum absolute atomic E-state index is 12.7. The van der Waals surface area contributed by atoms with Crippen LogP contribution in [-0.2, 0) is 16.4 Å². The van der Waals surface area contributed by atoms with Crippen molar-refractivity contribution in [2.75, 3.05) is 17.5 Å². The SMILES string of the molecule is CCN(c1ccc2c(c1)C(Cc1c[nH]cn1)CCO2)S(=O)(=O)C1CC1. The molecule has 4 rings (SSSR count). The molecule has 1 unspecified atom stereocenters. The summed E-state index contributed by atoms with van der Waals surface area (Å²) < 4.78 is 32.8. The van der Waals surface area contributed by atoms with E-state index >= 15 is 0 Å². The molecule has 1 aliphatic carbocycles. The standard InChI is InChI=1S/C18H23N3O3S/c1-2-21(25(22,23)16-4-5-16)15-3-6-18-17(10-15)13(7-8-24-18)9-14-11-19-12-20-14/h3,6,10-13,16H,2,4-5,7-9H2,1H3,(H,19,20). The molecule has 1 saturated carbocycles. The summed E-state index contributed by atoms with van der Waals surface area (Å²) in [4.78, 5) is 7.32. The van der Waals surface area contributed by atoms with Crippen LogP contribution in [0.15, 0.2) is 30.7 Å². The van der Waals surface area contributed by atoms with E-state index in [9.17, 15) is 8.42 Å². The molecule has 6 nitrogen and oxygen atoms in total. The third kappa shape index (κ3) is 3.13. The van der Waals surface area contributed by atoms with Gasteiger partial charge < -0.3 is 9.72 Å². The lowest BCUT2D eigenvalue weighted by Gasteiger charge is -2.29. The van der Waals surface area contributed by atoms with Gasteiger partial charge in [0.1, 0.15) is 5.75 Å². The fraction of sp³-hybridized carbons (Fsp3) is 0.500. The maximum Gasteiger partial charge on any atom is 0.238 e. The van der Waals surface area contributed by atoms with E-state index < -0.39 is 10.0 Å². The van der Waals surface area contributed by atoms with Gasteiger partial charge in [0.15, 0.2) is 0 Å². The van der Waals surface area contributed by atoms with Crippen LogP contribution in [0, 0.1) is 0 Å². The average molecular weight is 361 g/mol. The van der Waals surface area contributed by atoms with Crippen molar-refractivity contribution in [1.29, 1.82) is 0 Å². The largest absolute Gasteiger partial charge is 0.493 e. The summed E-state index contributed by atoms with van der Waals surface area (Å²) in [5.74, 6) is 1.14. The van der Waals surface area contributed by atoms with Crippen molar-refractivity contribution in [3.05, 3.63) is 42.0 Å². The molecule has 1 aromatic heterocycles. The van der Waals surface area contributed by atoms with Gasteiger partial charge in [-0.25, -0.2) is 13.4 Å². The first kappa shape index (κ1) is 16.4. The predicted molar refractivity (Wildman–Crippen MR) is 96.5 cm³/mol.